The standard InChI is InChI=1S/C10H18O2/c11-5-7-1-9-3-8(6-12)4-10(9)2-7/h7-12H,1-6H2. The molecule has 12 heavy (non-hydrogen) atoms. The lowest BCUT2D eigenvalue weighted by Gasteiger charge is -2.09. The van der Waals surface area contributed by atoms with Crippen molar-refractivity contribution < 1.29 is 10.2 Å². The second-order valence-electron chi connectivity index (χ2n) is 4.56. The van der Waals surface area contributed by atoms with Crippen molar-refractivity contribution in [3.05, 3.63) is 0 Å². The second kappa shape index (κ2) is 3.35. The maximum absolute atomic E-state index is 8.99. The van der Waals surface area contributed by atoms with E-state index in [4.69, 9.17) is 10.2 Å². The van der Waals surface area contributed by atoms with Crippen molar-refractivity contribution in [3.63, 3.8) is 0 Å². The highest BCUT2D eigenvalue weighted by Crippen LogP contribution is 2.48. The predicted octanol–water partition coefficient (Wildman–Crippen LogP) is 1.02. The first-order valence-electron chi connectivity index (χ1n) is 5.05. The van der Waals surface area contributed by atoms with Crippen molar-refractivity contribution in [2.45, 2.75) is 25.7 Å². The maximum atomic E-state index is 8.99. The second-order valence-corrected chi connectivity index (χ2v) is 4.56. The summed E-state index contributed by atoms with van der Waals surface area (Å²) in [6.45, 7) is 0.744. The Hall–Kier alpha value is -0.0800. The lowest BCUT2D eigenvalue weighted by molar-refractivity contribution is 0.200. The van der Waals surface area contributed by atoms with Gasteiger partial charge in [-0.1, -0.05) is 0 Å². The molecule has 0 unspecified atom stereocenters. The Labute approximate surface area is 73.6 Å². The number of aliphatic hydroxyl groups is 2. The summed E-state index contributed by atoms with van der Waals surface area (Å²) in [5, 5.41) is 18.0. The van der Waals surface area contributed by atoms with Crippen LogP contribution in [0.4, 0.5) is 0 Å². The Morgan fingerprint density at radius 1 is 0.750 bits per heavy atom. The molecule has 2 nitrogen and oxygen atoms in total. The van der Waals surface area contributed by atoms with Gasteiger partial charge in [0.05, 0.1) is 0 Å². The fourth-order valence-corrected chi connectivity index (χ4v) is 3.17. The fourth-order valence-electron chi connectivity index (χ4n) is 3.17. The molecule has 2 fully saturated rings. The average molecular weight is 170 g/mol. The molecule has 2 saturated carbocycles. The molecule has 2 aliphatic carbocycles. The van der Waals surface area contributed by atoms with E-state index in [1.165, 1.54) is 25.7 Å². The van der Waals surface area contributed by atoms with Gasteiger partial charge < -0.3 is 10.2 Å². The van der Waals surface area contributed by atoms with Gasteiger partial charge in [0.25, 0.3) is 0 Å². The molecular formula is C10H18O2. The highest BCUT2D eigenvalue weighted by Gasteiger charge is 2.40. The van der Waals surface area contributed by atoms with Crippen LogP contribution < -0.4 is 0 Å². The zero-order valence-electron chi connectivity index (χ0n) is 7.45. The van der Waals surface area contributed by atoms with Crippen LogP contribution in [0.2, 0.25) is 0 Å². The summed E-state index contributed by atoms with van der Waals surface area (Å²) in [4.78, 5) is 0. The first kappa shape index (κ1) is 8.52. The van der Waals surface area contributed by atoms with Crippen LogP contribution in [0.1, 0.15) is 25.7 Å². The van der Waals surface area contributed by atoms with E-state index < -0.39 is 0 Å². The molecule has 2 heteroatoms. The van der Waals surface area contributed by atoms with E-state index in [9.17, 15) is 0 Å². The van der Waals surface area contributed by atoms with Crippen LogP contribution in [0, 0.1) is 23.7 Å². The van der Waals surface area contributed by atoms with E-state index in [-0.39, 0.29) is 0 Å². The van der Waals surface area contributed by atoms with Crippen LogP contribution >= 0.6 is 0 Å². The SMILES string of the molecule is OCC1CC2CC(CO)CC2C1. The van der Waals surface area contributed by atoms with Crippen LogP contribution in [-0.4, -0.2) is 23.4 Å². The van der Waals surface area contributed by atoms with Crippen LogP contribution in [0.25, 0.3) is 0 Å². The van der Waals surface area contributed by atoms with Crippen molar-refractivity contribution in [1.29, 1.82) is 0 Å². The molecule has 0 saturated heterocycles. The molecule has 0 bridgehead atoms. The zero-order valence-corrected chi connectivity index (χ0v) is 7.45. The molecule has 70 valence electrons. The first-order chi connectivity index (χ1) is 5.83. The van der Waals surface area contributed by atoms with E-state index in [1.807, 2.05) is 0 Å². The normalized spacial score (nSPS) is 46.5. The molecule has 0 aromatic rings. The molecule has 2 N–H and O–H groups in total. The van der Waals surface area contributed by atoms with Gasteiger partial charge in [-0.3, -0.25) is 0 Å². The van der Waals surface area contributed by atoms with Gasteiger partial charge in [-0.05, 0) is 49.4 Å². The van der Waals surface area contributed by atoms with Gasteiger partial charge >= 0.3 is 0 Å². The summed E-state index contributed by atoms with van der Waals surface area (Å²) in [6, 6.07) is 0. The molecule has 0 amide bonds. The number of rotatable bonds is 2. The summed E-state index contributed by atoms with van der Waals surface area (Å²) in [5.74, 6) is 2.78. The van der Waals surface area contributed by atoms with Crippen LogP contribution in [0.15, 0.2) is 0 Å². The maximum Gasteiger partial charge on any atom is 0.0459 e. The molecule has 0 spiro atoms. The Morgan fingerprint density at radius 3 is 1.33 bits per heavy atom. The molecule has 0 atom stereocenters. The van der Waals surface area contributed by atoms with E-state index in [0.29, 0.717) is 25.0 Å². The number of aliphatic hydroxyl groups excluding tert-OH is 2. The molecular weight excluding hydrogens is 152 g/mol. The predicted molar refractivity (Wildman–Crippen MR) is 46.6 cm³/mol. The molecule has 0 aliphatic heterocycles. The number of hydrogen-bond donors (Lipinski definition) is 2. The fraction of sp³-hybridized carbons (Fsp3) is 1.00. The third-order valence-electron chi connectivity index (χ3n) is 3.73. The lowest BCUT2D eigenvalue weighted by atomic mass is 10.00. The molecule has 0 aromatic carbocycles. The monoisotopic (exact) mass is 170 g/mol. The third kappa shape index (κ3) is 1.38. The van der Waals surface area contributed by atoms with Gasteiger partial charge in [0.15, 0.2) is 0 Å². The van der Waals surface area contributed by atoms with E-state index in [1.54, 1.807) is 0 Å². The van der Waals surface area contributed by atoms with Gasteiger partial charge in [-0.15, -0.1) is 0 Å². The molecule has 2 aliphatic rings. The Balaban J connectivity index is 1.89. The summed E-state index contributed by atoms with van der Waals surface area (Å²) < 4.78 is 0. The number of fused-ring (bicyclic) bond motifs is 1. The largest absolute Gasteiger partial charge is 0.396 e. The summed E-state index contributed by atoms with van der Waals surface area (Å²) >= 11 is 0. The first-order valence-corrected chi connectivity index (χ1v) is 5.05. The van der Waals surface area contributed by atoms with Gasteiger partial charge in [-0.25, -0.2) is 0 Å². The van der Waals surface area contributed by atoms with Crippen molar-refractivity contribution in [1.82, 2.24) is 0 Å². The summed E-state index contributed by atoms with van der Waals surface area (Å²) in [7, 11) is 0. The summed E-state index contributed by atoms with van der Waals surface area (Å²) in [5.41, 5.74) is 0. The van der Waals surface area contributed by atoms with Crippen molar-refractivity contribution >= 4 is 0 Å². The lowest BCUT2D eigenvalue weighted by Crippen LogP contribution is -2.06. The minimum absolute atomic E-state index is 0.372. The van der Waals surface area contributed by atoms with E-state index in [2.05, 4.69) is 0 Å². The average Bonchev–Trinajstić information content (AvgIpc) is 2.59. The minimum Gasteiger partial charge on any atom is -0.396 e. The van der Waals surface area contributed by atoms with Gasteiger partial charge in [-0.2, -0.15) is 0 Å². The van der Waals surface area contributed by atoms with Gasteiger partial charge in [0.2, 0.25) is 0 Å². The Bertz CT molecular complexity index is 128. The van der Waals surface area contributed by atoms with Crippen molar-refractivity contribution in [2.24, 2.45) is 23.7 Å². The zero-order chi connectivity index (χ0) is 8.55. The van der Waals surface area contributed by atoms with Crippen LogP contribution in [0.3, 0.4) is 0 Å². The third-order valence-corrected chi connectivity index (χ3v) is 3.73. The van der Waals surface area contributed by atoms with Crippen LogP contribution in [-0.2, 0) is 0 Å². The Kier molecular flexibility index (Phi) is 2.37. The topological polar surface area (TPSA) is 40.5 Å². The highest BCUT2D eigenvalue weighted by molar-refractivity contribution is 4.91. The van der Waals surface area contributed by atoms with Crippen molar-refractivity contribution in [2.75, 3.05) is 13.2 Å². The quantitative estimate of drug-likeness (QED) is 0.649. The van der Waals surface area contributed by atoms with Crippen molar-refractivity contribution in [3.8, 4) is 0 Å². The van der Waals surface area contributed by atoms with E-state index in [0.717, 1.165) is 11.8 Å². The minimum atomic E-state index is 0.372. The molecule has 2 rings (SSSR count). The van der Waals surface area contributed by atoms with E-state index >= 15 is 0 Å². The number of hydrogen-bond acceptors (Lipinski definition) is 2. The molecule has 0 heterocycles. The smallest absolute Gasteiger partial charge is 0.0459 e. The van der Waals surface area contributed by atoms with Gasteiger partial charge in [0, 0.05) is 13.2 Å². The molecule has 0 radical (unpaired) electrons. The molecule has 0 aromatic heterocycles. The highest BCUT2D eigenvalue weighted by atomic mass is 16.3. The summed E-state index contributed by atoms with van der Waals surface area (Å²) in [6.07, 6.45) is 4.82. The van der Waals surface area contributed by atoms with Crippen LogP contribution in [0.5, 0.6) is 0 Å². The Morgan fingerprint density at radius 2 is 1.08 bits per heavy atom. The van der Waals surface area contributed by atoms with Gasteiger partial charge in [0.1, 0.15) is 0 Å².